The van der Waals surface area contributed by atoms with Crippen molar-refractivity contribution in [3.05, 3.63) is 41.6 Å². The zero-order chi connectivity index (χ0) is 14.5. The van der Waals surface area contributed by atoms with Crippen LogP contribution in [0.4, 0.5) is 5.82 Å². The third kappa shape index (κ3) is 3.17. The van der Waals surface area contributed by atoms with Crippen LogP contribution in [0.2, 0.25) is 0 Å². The molecule has 20 heavy (non-hydrogen) atoms. The molecule has 5 nitrogen and oxygen atoms in total. The van der Waals surface area contributed by atoms with Crippen LogP contribution in [0.25, 0.3) is 0 Å². The minimum atomic E-state index is 0.0896. The van der Waals surface area contributed by atoms with Crippen molar-refractivity contribution >= 4 is 5.82 Å². The zero-order valence-corrected chi connectivity index (χ0v) is 12.2. The van der Waals surface area contributed by atoms with E-state index in [2.05, 4.69) is 22.4 Å². The van der Waals surface area contributed by atoms with Gasteiger partial charge in [0.1, 0.15) is 5.82 Å². The predicted molar refractivity (Wildman–Crippen MR) is 78.4 cm³/mol. The Morgan fingerprint density at radius 2 is 1.75 bits per heavy atom. The minimum absolute atomic E-state index is 0.0896. The Kier molecular flexibility index (Phi) is 4.40. The number of aromatic nitrogens is 2. The number of ether oxygens (including phenoxy) is 2. The van der Waals surface area contributed by atoms with Crippen molar-refractivity contribution in [2.24, 2.45) is 0 Å². The average molecular weight is 273 g/mol. The van der Waals surface area contributed by atoms with E-state index in [1.807, 2.05) is 37.3 Å². The van der Waals surface area contributed by atoms with Gasteiger partial charge in [-0.3, -0.25) is 0 Å². The molecule has 0 aliphatic heterocycles. The van der Waals surface area contributed by atoms with Gasteiger partial charge in [-0.15, -0.1) is 5.10 Å². The van der Waals surface area contributed by atoms with Gasteiger partial charge in [-0.2, -0.15) is 5.10 Å². The monoisotopic (exact) mass is 273 g/mol. The molecule has 0 aliphatic carbocycles. The highest BCUT2D eigenvalue weighted by Gasteiger charge is 2.10. The predicted octanol–water partition coefficient (Wildman–Crippen LogP) is 2.98. The molecule has 0 spiro atoms. The minimum Gasteiger partial charge on any atom is -0.493 e. The second kappa shape index (κ2) is 6.23. The van der Waals surface area contributed by atoms with Crippen LogP contribution >= 0.6 is 0 Å². The largest absolute Gasteiger partial charge is 0.493 e. The fourth-order valence-corrected chi connectivity index (χ4v) is 1.90. The maximum Gasteiger partial charge on any atom is 0.161 e. The van der Waals surface area contributed by atoms with Crippen molar-refractivity contribution in [2.45, 2.75) is 19.9 Å². The summed E-state index contributed by atoms with van der Waals surface area (Å²) in [4.78, 5) is 0. The topological polar surface area (TPSA) is 56.3 Å². The van der Waals surface area contributed by atoms with E-state index in [-0.39, 0.29) is 6.04 Å². The summed E-state index contributed by atoms with van der Waals surface area (Å²) in [5.41, 5.74) is 1.99. The van der Waals surface area contributed by atoms with Crippen LogP contribution in [0.15, 0.2) is 30.3 Å². The van der Waals surface area contributed by atoms with Crippen molar-refractivity contribution in [1.82, 2.24) is 10.2 Å². The van der Waals surface area contributed by atoms with Crippen molar-refractivity contribution in [2.75, 3.05) is 19.5 Å². The van der Waals surface area contributed by atoms with Gasteiger partial charge in [-0.05, 0) is 43.7 Å². The Bertz CT molecular complexity index is 570. The van der Waals surface area contributed by atoms with Gasteiger partial charge in [0.05, 0.1) is 26.0 Å². The summed E-state index contributed by atoms with van der Waals surface area (Å²) in [6, 6.07) is 9.79. The third-order valence-electron chi connectivity index (χ3n) is 3.07. The molecule has 2 aromatic rings. The molecule has 0 aliphatic rings. The molecule has 0 saturated carbocycles. The first-order valence-electron chi connectivity index (χ1n) is 6.43. The van der Waals surface area contributed by atoms with E-state index in [0.717, 1.165) is 22.8 Å². The molecule has 1 heterocycles. The Morgan fingerprint density at radius 1 is 1.00 bits per heavy atom. The van der Waals surface area contributed by atoms with E-state index in [1.165, 1.54) is 0 Å². The summed E-state index contributed by atoms with van der Waals surface area (Å²) in [5.74, 6) is 2.19. The van der Waals surface area contributed by atoms with Gasteiger partial charge >= 0.3 is 0 Å². The van der Waals surface area contributed by atoms with Crippen molar-refractivity contribution in [3.8, 4) is 11.5 Å². The van der Waals surface area contributed by atoms with Crippen LogP contribution in [-0.2, 0) is 0 Å². The van der Waals surface area contributed by atoms with E-state index in [9.17, 15) is 0 Å². The molecule has 1 unspecified atom stereocenters. The van der Waals surface area contributed by atoms with Crippen LogP contribution < -0.4 is 14.8 Å². The van der Waals surface area contributed by atoms with E-state index < -0.39 is 0 Å². The first-order chi connectivity index (χ1) is 9.63. The maximum atomic E-state index is 5.31. The molecule has 0 amide bonds. The number of nitrogens with one attached hydrogen (secondary N) is 1. The first-order valence-corrected chi connectivity index (χ1v) is 6.43. The summed E-state index contributed by atoms with van der Waals surface area (Å²) in [5, 5.41) is 11.4. The highest BCUT2D eigenvalue weighted by atomic mass is 16.5. The van der Waals surface area contributed by atoms with Crippen LogP contribution in [0.3, 0.4) is 0 Å². The van der Waals surface area contributed by atoms with Crippen LogP contribution in [-0.4, -0.2) is 24.4 Å². The summed E-state index contributed by atoms with van der Waals surface area (Å²) in [6.07, 6.45) is 0. The Morgan fingerprint density at radius 3 is 2.35 bits per heavy atom. The molecule has 0 fully saturated rings. The number of anilines is 1. The number of methoxy groups -OCH3 is 2. The number of aryl methyl sites for hydroxylation is 1. The van der Waals surface area contributed by atoms with Gasteiger partial charge in [0, 0.05) is 0 Å². The molecule has 1 aromatic heterocycles. The second-order valence-corrected chi connectivity index (χ2v) is 4.54. The Hall–Kier alpha value is -2.30. The van der Waals surface area contributed by atoms with E-state index in [4.69, 9.17) is 9.47 Å². The molecule has 5 heteroatoms. The zero-order valence-electron chi connectivity index (χ0n) is 12.2. The lowest BCUT2D eigenvalue weighted by atomic mass is 10.1. The fraction of sp³-hybridized carbons (Fsp3) is 0.333. The van der Waals surface area contributed by atoms with E-state index in [0.29, 0.717) is 5.75 Å². The Labute approximate surface area is 118 Å². The molecule has 2 rings (SSSR count). The quantitative estimate of drug-likeness (QED) is 0.907. The lowest BCUT2D eigenvalue weighted by Gasteiger charge is -2.16. The summed E-state index contributed by atoms with van der Waals surface area (Å²) in [6.45, 7) is 3.97. The molecular formula is C15H19N3O2. The van der Waals surface area contributed by atoms with Crippen LogP contribution in [0, 0.1) is 6.92 Å². The van der Waals surface area contributed by atoms with Gasteiger partial charge in [-0.1, -0.05) is 6.07 Å². The highest BCUT2D eigenvalue weighted by Crippen LogP contribution is 2.30. The first kappa shape index (κ1) is 14.1. The lowest BCUT2D eigenvalue weighted by molar-refractivity contribution is 0.354. The van der Waals surface area contributed by atoms with E-state index >= 15 is 0 Å². The number of hydrogen-bond donors (Lipinski definition) is 1. The molecule has 1 atom stereocenters. The number of hydrogen-bond acceptors (Lipinski definition) is 5. The van der Waals surface area contributed by atoms with Gasteiger partial charge in [0.2, 0.25) is 0 Å². The molecule has 0 radical (unpaired) electrons. The van der Waals surface area contributed by atoms with E-state index in [1.54, 1.807) is 14.2 Å². The second-order valence-electron chi connectivity index (χ2n) is 4.54. The van der Waals surface area contributed by atoms with Crippen LogP contribution in [0.1, 0.15) is 24.2 Å². The Balaban J connectivity index is 2.16. The van der Waals surface area contributed by atoms with Crippen molar-refractivity contribution < 1.29 is 9.47 Å². The molecule has 0 bridgehead atoms. The fourth-order valence-electron chi connectivity index (χ4n) is 1.90. The normalized spacial score (nSPS) is 11.8. The van der Waals surface area contributed by atoms with Gasteiger partial charge in [-0.25, -0.2) is 0 Å². The molecule has 1 N–H and O–H groups in total. The summed E-state index contributed by atoms with van der Waals surface area (Å²) < 4.78 is 10.5. The standard InChI is InChI=1S/C15H19N3O2/c1-10-5-8-15(18-17-10)16-11(2)12-6-7-13(19-3)14(9-12)20-4/h5-9,11H,1-4H3,(H,16,18). The number of benzene rings is 1. The SMILES string of the molecule is COc1ccc(C(C)Nc2ccc(C)nn2)cc1OC. The molecule has 0 saturated heterocycles. The average Bonchev–Trinajstić information content (AvgIpc) is 2.48. The summed E-state index contributed by atoms with van der Waals surface area (Å²) in [7, 11) is 3.26. The van der Waals surface area contributed by atoms with Crippen LogP contribution in [0.5, 0.6) is 11.5 Å². The molecular weight excluding hydrogens is 254 g/mol. The molecule has 1 aromatic carbocycles. The maximum absolute atomic E-state index is 5.31. The lowest BCUT2D eigenvalue weighted by Crippen LogP contribution is -2.09. The van der Waals surface area contributed by atoms with Crippen molar-refractivity contribution in [3.63, 3.8) is 0 Å². The van der Waals surface area contributed by atoms with Gasteiger partial charge in [0.25, 0.3) is 0 Å². The van der Waals surface area contributed by atoms with Gasteiger partial charge in [0.15, 0.2) is 11.5 Å². The van der Waals surface area contributed by atoms with Crippen molar-refractivity contribution in [1.29, 1.82) is 0 Å². The summed E-state index contributed by atoms with van der Waals surface area (Å²) >= 11 is 0. The van der Waals surface area contributed by atoms with Gasteiger partial charge < -0.3 is 14.8 Å². The number of nitrogens with zero attached hydrogens (tertiary/aromatic N) is 2. The molecule has 106 valence electrons. The number of rotatable bonds is 5. The smallest absolute Gasteiger partial charge is 0.161 e. The third-order valence-corrected chi connectivity index (χ3v) is 3.07. The highest BCUT2D eigenvalue weighted by molar-refractivity contribution is 5.46.